The highest BCUT2D eigenvalue weighted by Crippen LogP contribution is 2.28. The second-order valence-electron chi connectivity index (χ2n) is 7.03. The van der Waals surface area contributed by atoms with E-state index < -0.39 is 11.8 Å². The van der Waals surface area contributed by atoms with Crippen LogP contribution >= 0.6 is 0 Å². The van der Waals surface area contributed by atoms with Crippen LogP contribution in [0.2, 0.25) is 0 Å². The summed E-state index contributed by atoms with van der Waals surface area (Å²) >= 11 is 0. The van der Waals surface area contributed by atoms with Gasteiger partial charge in [0.1, 0.15) is 5.82 Å². The first-order valence-electron chi connectivity index (χ1n) is 9.79. The fraction of sp³-hybridized carbons (Fsp3) is 0.182. The van der Waals surface area contributed by atoms with Crippen molar-refractivity contribution in [3.05, 3.63) is 77.2 Å². The molecule has 8 nitrogen and oxygen atoms in total. The van der Waals surface area contributed by atoms with Gasteiger partial charge in [0.15, 0.2) is 11.5 Å². The van der Waals surface area contributed by atoms with Crippen LogP contribution in [-0.4, -0.2) is 35.7 Å². The molecule has 1 aliphatic heterocycles. The number of hydrogen-bond acceptors (Lipinski definition) is 5. The molecule has 31 heavy (non-hydrogen) atoms. The summed E-state index contributed by atoms with van der Waals surface area (Å²) in [6.45, 7) is 1.27. The molecule has 0 aliphatic carbocycles. The van der Waals surface area contributed by atoms with Crippen LogP contribution in [-0.2, 0) is 13.0 Å². The van der Waals surface area contributed by atoms with E-state index in [1.165, 1.54) is 12.1 Å². The molecule has 0 saturated heterocycles. The zero-order chi connectivity index (χ0) is 21.8. The van der Waals surface area contributed by atoms with E-state index in [1.807, 2.05) is 18.2 Å². The number of fused-ring (bicyclic) bond motifs is 1. The number of amides is 3. The molecule has 1 aromatic heterocycles. The molecule has 0 unspecified atom stereocenters. The van der Waals surface area contributed by atoms with Gasteiger partial charge in [-0.2, -0.15) is 0 Å². The molecule has 4 rings (SSSR count). The van der Waals surface area contributed by atoms with Crippen LogP contribution in [0.3, 0.4) is 0 Å². The first-order valence-corrected chi connectivity index (χ1v) is 9.79. The summed E-state index contributed by atoms with van der Waals surface area (Å²) in [5.74, 6) is -0.103. The molecule has 0 atom stereocenters. The van der Waals surface area contributed by atoms with Crippen LogP contribution in [0, 0.1) is 5.82 Å². The second-order valence-corrected chi connectivity index (χ2v) is 7.03. The monoisotopic (exact) mass is 420 g/mol. The molecule has 3 amide bonds. The van der Waals surface area contributed by atoms with Crippen LogP contribution in [0.4, 0.5) is 26.4 Å². The Labute approximate surface area is 178 Å². The highest BCUT2D eigenvalue weighted by Gasteiger charge is 2.21. The third-order valence-corrected chi connectivity index (χ3v) is 5.07. The van der Waals surface area contributed by atoms with Crippen molar-refractivity contribution in [2.45, 2.75) is 13.0 Å². The third-order valence-electron chi connectivity index (χ3n) is 5.07. The van der Waals surface area contributed by atoms with Crippen molar-refractivity contribution in [2.24, 2.45) is 0 Å². The number of benzene rings is 2. The van der Waals surface area contributed by atoms with Gasteiger partial charge in [0.2, 0.25) is 0 Å². The van der Waals surface area contributed by atoms with Crippen LogP contribution in [0.1, 0.15) is 21.6 Å². The van der Waals surface area contributed by atoms with E-state index in [1.54, 1.807) is 31.3 Å². The van der Waals surface area contributed by atoms with Crippen molar-refractivity contribution in [3.8, 4) is 0 Å². The number of nitrogens with zero attached hydrogens (tertiary/aromatic N) is 3. The predicted octanol–water partition coefficient (Wildman–Crippen LogP) is 3.18. The summed E-state index contributed by atoms with van der Waals surface area (Å²) in [5.41, 5.74) is 3.14. The number of rotatable bonds is 4. The van der Waals surface area contributed by atoms with Gasteiger partial charge >= 0.3 is 6.03 Å². The highest BCUT2D eigenvalue weighted by molar-refractivity contribution is 6.00. The van der Waals surface area contributed by atoms with Gasteiger partial charge in [-0.15, -0.1) is 10.2 Å². The van der Waals surface area contributed by atoms with Gasteiger partial charge in [0, 0.05) is 25.8 Å². The topological polar surface area (TPSA) is 99.2 Å². The van der Waals surface area contributed by atoms with E-state index in [-0.39, 0.29) is 17.3 Å². The first kappa shape index (κ1) is 20.3. The highest BCUT2D eigenvalue weighted by atomic mass is 19.1. The number of carbonyl (C=O) groups is 2. The maximum Gasteiger partial charge on any atom is 0.323 e. The Balaban J connectivity index is 1.46. The van der Waals surface area contributed by atoms with Gasteiger partial charge in [-0.25, -0.2) is 9.18 Å². The van der Waals surface area contributed by atoms with Crippen molar-refractivity contribution < 1.29 is 14.0 Å². The molecule has 0 bridgehead atoms. The molecule has 0 spiro atoms. The molecule has 2 aromatic carbocycles. The molecule has 9 heteroatoms. The fourth-order valence-corrected chi connectivity index (χ4v) is 3.50. The number of carbonyl (C=O) groups excluding carboxylic acids is 2. The molecule has 0 fully saturated rings. The Hall–Kier alpha value is -4.01. The zero-order valence-corrected chi connectivity index (χ0v) is 16.9. The first-order chi connectivity index (χ1) is 15.0. The minimum absolute atomic E-state index is 0.120. The summed E-state index contributed by atoms with van der Waals surface area (Å²) in [5, 5.41) is 16.0. The summed E-state index contributed by atoms with van der Waals surface area (Å²) in [4.78, 5) is 26.1. The molecule has 3 aromatic rings. The fourth-order valence-electron chi connectivity index (χ4n) is 3.50. The van der Waals surface area contributed by atoms with Gasteiger partial charge in [-0.1, -0.05) is 24.3 Å². The van der Waals surface area contributed by atoms with E-state index in [2.05, 4.69) is 31.0 Å². The average Bonchev–Trinajstić information content (AvgIpc) is 2.80. The summed E-state index contributed by atoms with van der Waals surface area (Å²) in [6.07, 6.45) is 0.685. The van der Waals surface area contributed by atoms with Crippen LogP contribution < -0.4 is 20.9 Å². The normalized spacial score (nSPS) is 12.6. The molecular weight excluding hydrogens is 399 g/mol. The van der Waals surface area contributed by atoms with Crippen molar-refractivity contribution in [3.63, 3.8) is 0 Å². The number of para-hydroxylation sites is 1. The molecule has 0 radical (unpaired) electrons. The number of halogens is 1. The van der Waals surface area contributed by atoms with E-state index >= 15 is 0 Å². The van der Waals surface area contributed by atoms with Crippen LogP contribution in [0.25, 0.3) is 0 Å². The quantitative estimate of drug-likeness (QED) is 0.602. The molecule has 1 aliphatic rings. The predicted molar refractivity (Wildman–Crippen MR) is 116 cm³/mol. The van der Waals surface area contributed by atoms with E-state index in [0.717, 1.165) is 11.1 Å². The summed E-state index contributed by atoms with van der Waals surface area (Å²) in [7, 11) is 1.54. The Morgan fingerprint density at radius 3 is 2.48 bits per heavy atom. The van der Waals surface area contributed by atoms with Crippen molar-refractivity contribution in [1.82, 2.24) is 15.5 Å². The molecule has 0 saturated carbocycles. The minimum atomic E-state index is -0.503. The van der Waals surface area contributed by atoms with Gasteiger partial charge in [-0.05, 0) is 47.9 Å². The largest absolute Gasteiger partial charge is 0.354 e. The number of nitrogens with one attached hydrogen (secondary N) is 3. The molecule has 3 N–H and O–H groups in total. The van der Waals surface area contributed by atoms with E-state index in [0.29, 0.717) is 31.0 Å². The van der Waals surface area contributed by atoms with Gasteiger partial charge in [-0.3, -0.25) is 4.79 Å². The van der Waals surface area contributed by atoms with Crippen LogP contribution in [0.15, 0.2) is 54.6 Å². The smallest absolute Gasteiger partial charge is 0.323 e. The molecule has 158 valence electrons. The lowest BCUT2D eigenvalue weighted by Gasteiger charge is -2.30. The molecular formula is C22H21FN6O2. The minimum Gasteiger partial charge on any atom is -0.354 e. The standard InChI is InChI=1S/C22H21FN6O2/c1-24-21(30)19-9-10-20(28-27-19)29-12-11-15-14(13-29)5-4-8-17(15)25-22(31)26-18-7-3-2-6-16(18)23/h2-10H,11-13H2,1H3,(H,24,30)(H2,25,26,31). The van der Waals surface area contributed by atoms with Crippen molar-refractivity contribution >= 4 is 29.1 Å². The summed E-state index contributed by atoms with van der Waals surface area (Å²) < 4.78 is 13.8. The maximum atomic E-state index is 13.8. The van der Waals surface area contributed by atoms with Gasteiger partial charge in [0.25, 0.3) is 5.91 Å². The van der Waals surface area contributed by atoms with Crippen molar-refractivity contribution in [1.29, 1.82) is 0 Å². The second kappa shape index (κ2) is 8.78. The number of hydrogen-bond donors (Lipinski definition) is 3. The number of aromatic nitrogens is 2. The Morgan fingerprint density at radius 1 is 0.968 bits per heavy atom. The van der Waals surface area contributed by atoms with Crippen LogP contribution in [0.5, 0.6) is 0 Å². The Kier molecular flexibility index (Phi) is 5.74. The number of urea groups is 1. The van der Waals surface area contributed by atoms with Gasteiger partial charge < -0.3 is 20.9 Å². The molecule has 2 heterocycles. The Bertz CT molecular complexity index is 1120. The summed E-state index contributed by atoms with van der Waals surface area (Å²) in [6, 6.07) is 14.6. The lowest BCUT2D eigenvalue weighted by molar-refractivity contribution is 0.0957. The average molecular weight is 420 g/mol. The zero-order valence-electron chi connectivity index (χ0n) is 16.9. The Morgan fingerprint density at radius 2 is 1.74 bits per heavy atom. The maximum absolute atomic E-state index is 13.8. The third kappa shape index (κ3) is 4.45. The SMILES string of the molecule is CNC(=O)c1ccc(N2CCc3c(cccc3NC(=O)Nc3ccccc3F)C2)nn1. The lowest BCUT2D eigenvalue weighted by atomic mass is 9.97. The lowest BCUT2D eigenvalue weighted by Crippen LogP contribution is -2.32. The number of anilines is 3. The van der Waals surface area contributed by atoms with Crippen molar-refractivity contribution in [2.75, 3.05) is 29.1 Å². The van der Waals surface area contributed by atoms with Gasteiger partial charge in [0.05, 0.1) is 5.69 Å². The van der Waals surface area contributed by atoms with E-state index in [9.17, 15) is 14.0 Å². The van der Waals surface area contributed by atoms with E-state index in [4.69, 9.17) is 0 Å².